The number of thiazole rings is 1. The number of hydrogen-bond donors (Lipinski definition) is 1. The third kappa shape index (κ3) is 5.40. The van der Waals surface area contributed by atoms with E-state index >= 15 is 0 Å². The largest absolute Gasteiger partial charge is 1.00 e. The van der Waals surface area contributed by atoms with E-state index in [1.54, 1.807) is 18.3 Å². The van der Waals surface area contributed by atoms with Crippen LogP contribution in [0.1, 0.15) is 45.3 Å². The Hall–Kier alpha value is -2.94. The molecule has 0 saturated heterocycles. The molecule has 0 atom stereocenters. The van der Waals surface area contributed by atoms with Gasteiger partial charge in [-0.1, -0.05) is 47.7 Å². The summed E-state index contributed by atoms with van der Waals surface area (Å²) in [4.78, 5) is 32.8. The van der Waals surface area contributed by atoms with Gasteiger partial charge in [0, 0.05) is 4.88 Å². The van der Waals surface area contributed by atoms with Crippen LogP contribution in [0.3, 0.4) is 0 Å². The molecule has 0 aliphatic heterocycles. The summed E-state index contributed by atoms with van der Waals surface area (Å²) < 4.78 is 8.35. The lowest BCUT2D eigenvalue weighted by Crippen LogP contribution is -3.00. The Kier molecular flexibility index (Phi) is 8.28. The number of fused-ring (bicyclic) bond motifs is 2. The molecule has 36 heavy (non-hydrogen) atoms. The van der Waals surface area contributed by atoms with Crippen LogP contribution in [0.15, 0.2) is 53.5 Å². The van der Waals surface area contributed by atoms with Gasteiger partial charge in [0.25, 0.3) is 0 Å². The second-order valence-electron chi connectivity index (χ2n) is 8.57. The number of anilines is 1. The zero-order valence-corrected chi connectivity index (χ0v) is 22.6. The summed E-state index contributed by atoms with van der Waals surface area (Å²) in [6, 6.07) is 16.3. The van der Waals surface area contributed by atoms with Crippen LogP contribution in [0.4, 0.5) is 5.00 Å². The fourth-order valence-corrected chi connectivity index (χ4v) is 6.84. The summed E-state index contributed by atoms with van der Waals surface area (Å²) in [6.07, 6.45) is 2.82. The molecule has 0 bridgehead atoms. The standard InChI is InChI=1S/C27H27N3O3S2.ClH/c1-3-33-26(32)24-19-10-7-11-21(19)34-25(24)29-23(31)16-30-20-13-12-17(2)14-22(20)35-27(30)28-15-18-8-5-4-6-9-18;/h4-6,8-9,12-14H,3,7,10-11,15-16H2,1-2H3,(H,29,31);1H/p-1. The molecule has 0 saturated carbocycles. The molecule has 6 nitrogen and oxygen atoms in total. The Morgan fingerprint density at radius 3 is 2.69 bits per heavy atom. The van der Waals surface area contributed by atoms with Crippen LogP contribution in [0.25, 0.3) is 10.2 Å². The first-order chi connectivity index (χ1) is 17.0. The number of hydrogen-bond acceptors (Lipinski definition) is 6. The van der Waals surface area contributed by atoms with Crippen molar-refractivity contribution in [2.45, 2.75) is 46.2 Å². The highest BCUT2D eigenvalue weighted by Gasteiger charge is 2.28. The molecule has 9 heteroatoms. The smallest absolute Gasteiger partial charge is 0.341 e. The molecule has 2 heterocycles. The number of amides is 1. The molecule has 0 unspecified atom stereocenters. The predicted molar refractivity (Wildman–Crippen MR) is 141 cm³/mol. The number of halogens is 1. The van der Waals surface area contributed by atoms with Crippen LogP contribution < -0.4 is 22.5 Å². The molecule has 1 amide bonds. The number of ether oxygens (including phenoxy) is 1. The molecule has 5 rings (SSSR count). The van der Waals surface area contributed by atoms with Crippen molar-refractivity contribution in [1.29, 1.82) is 0 Å². The fourth-order valence-electron chi connectivity index (χ4n) is 4.42. The van der Waals surface area contributed by atoms with E-state index in [2.05, 4.69) is 18.3 Å². The second-order valence-corrected chi connectivity index (χ2v) is 10.7. The van der Waals surface area contributed by atoms with E-state index in [0.29, 0.717) is 23.7 Å². The van der Waals surface area contributed by atoms with Crippen molar-refractivity contribution in [3.63, 3.8) is 0 Å². The van der Waals surface area contributed by atoms with Crippen LogP contribution >= 0.6 is 22.7 Å². The van der Waals surface area contributed by atoms with Gasteiger partial charge in [-0.25, -0.2) is 4.79 Å². The Bertz CT molecular complexity index is 1470. The van der Waals surface area contributed by atoms with Gasteiger partial charge in [0.1, 0.15) is 11.5 Å². The van der Waals surface area contributed by atoms with Crippen molar-refractivity contribution >= 4 is 49.8 Å². The molecular weight excluding hydrogens is 514 g/mol. The topological polar surface area (TPSA) is 72.7 Å². The minimum absolute atomic E-state index is 0. The first kappa shape index (κ1) is 26.1. The van der Waals surface area contributed by atoms with Crippen molar-refractivity contribution in [3.05, 3.63) is 80.5 Å². The maximum Gasteiger partial charge on any atom is 0.341 e. The maximum atomic E-state index is 13.3. The molecule has 0 radical (unpaired) electrons. The lowest BCUT2D eigenvalue weighted by atomic mass is 10.1. The first-order valence-corrected chi connectivity index (χ1v) is 13.4. The summed E-state index contributed by atoms with van der Waals surface area (Å²) in [5.41, 5.74) is 4.82. The molecule has 1 N–H and O–H groups in total. The normalized spacial score (nSPS) is 12.9. The second kappa shape index (κ2) is 11.4. The molecular formula is C27H27ClN3O3S2-. The summed E-state index contributed by atoms with van der Waals surface area (Å²) in [5.74, 6) is -0.540. The average molecular weight is 541 g/mol. The van der Waals surface area contributed by atoms with Gasteiger partial charge in [0.2, 0.25) is 5.91 Å². The molecule has 188 valence electrons. The summed E-state index contributed by atoms with van der Waals surface area (Å²) >= 11 is 3.08. The Balaban J connectivity index is 0.00000304. The van der Waals surface area contributed by atoms with E-state index in [1.165, 1.54) is 16.2 Å². The van der Waals surface area contributed by atoms with Gasteiger partial charge in [0.05, 0.1) is 28.9 Å². The molecule has 0 fully saturated rings. The monoisotopic (exact) mass is 540 g/mol. The van der Waals surface area contributed by atoms with Crippen LogP contribution in [0, 0.1) is 6.92 Å². The molecule has 2 aromatic heterocycles. The van der Waals surface area contributed by atoms with Crippen molar-refractivity contribution in [2.24, 2.45) is 4.99 Å². The fraction of sp³-hybridized carbons (Fsp3) is 0.296. The predicted octanol–water partition coefficient (Wildman–Crippen LogP) is 2.48. The van der Waals surface area contributed by atoms with Crippen molar-refractivity contribution < 1.29 is 26.7 Å². The number of benzene rings is 2. The van der Waals surface area contributed by atoms with Crippen LogP contribution in [-0.2, 0) is 35.5 Å². The van der Waals surface area contributed by atoms with E-state index in [-0.39, 0.29) is 30.8 Å². The lowest BCUT2D eigenvalue weighted by molar-refractivity contribution is -0.116. The number of rotatable bonds is 7. The van der Waals surface area contributed by atoms with Crippen LogP contribution in [-0.4, -0.2) is 23.1 Å². The van der Waals surface area contributed by atoms with Gasteiger partial charge in [-0.05, 0) is 61.9 Å². The third-order valence-corrected chi connectivity index (χ3v) is 8.32. The third-order valence-electron chi connectivity index (χ3n) is 6.03. The highest BCUT2D eigenvalue weighted by atomic mass is 35.5. The first-order valence-electron chi connectivity index (χ1n) is 11.8. The van der Waals surface area contributed by atoms with E-state index in [1.807, 2.05) is 47.0 Å². The van der Waals surface area contributed by atoms with Gasteiger partial charge < -0.3 is 27.0 Å². The number of carbonyl (C=O) groups excluding carboxylic acids is 2. The minimum atomic E-state index is -0.357. The number of aryl methyl sites for hydroxylation is 2. The summed E-state index contributed by atoms with van der Waals surface area (Å²) in [7, 11) is 0. The van der Waals surface area contributed by atoms with Gasteiger partial charge in [-0.15, -0.1) is 11.3 Å². The number of carbonyl (C=O) groups is 2. The Morgan fingerprint density at radius 2 is 1.92 bits per heavy atom. The zero-order valence-electron chi connectivity index (χ0n) is 20.2. The van der Waals surface area contributed by atoms with Gasteiger partial charge in [0.15, 0.2) is 4.80 Å². The molecule has 2 aromatic carbocycles. The number of thiophene rings is 1. The van der Waals surface area contributed by atoms with E-state index < -0.39 is 0 Å². The van der Waals surface area contributed by atoms with Crippen LogP contribution in [0.5, 0.6) is 0 Å². The zero-order chi connectivity index (χ0) is 24.4. The number of nitrogens with zero attached hydrogens (tertiary/aromatic N) is 2. The van der Waals surface area contributed by atoms with Crippen molar-refractivity contribution in [2.75, 3.05) is 11.9 Å². The Morgan fingerprint density at radius 1 is 1.11 bits per heavy atom. The van der Waals surface area contributed by atoms with E-state index in [0.717, 1.165) is 51.0 Å². The van der Waals surface area contributed by atoms with Gasteiger partial charge in [-0.2, -0.15) is 0 Å². The van der Waals surface area contributed by atoms with Gasteiger partial charge >= 0.3 is 5.97 Å². The summed E-state index contributed by atoms with van der Waals surface area (Å²) in [6.45, 7) is 4.81. The van der Waals surface area contributed by atoms with E-state index in [9.17, 15) is 9.59 Å². The lowest BCUT2D eigenvalue weighted by Gasteiger charge is -2.09. The summed E-state index contributed by atoms with van der Waals surface area (Å²) in [5, 5.41) is 3.61. The minimum Gasteiger partial charge on any atom is -1.00 e. The van der Waals surface area contributed by atoms with Crippen molar-refractivity contribution in [1.82, 2.24) is 4.57 Å². The van der Waals surface area contributed by atoms with Gasteiger partial charge in [-0.3, -0.25) is 9.79 Å². The molecule has 0 spiro atoms. The maximum absolute atomic E-state index is 13.3. The number of aromatic nitrogens is 1. The quantitative estimate of drug-likeness (QED) is 0.366. The SMILES string of the molecule is CCOC(=O)c1c(NC(=O)Cn2c(=NCc3ccccc3)sc3cc(C)ccc32)sc2c1CCC2.[Cl-]. The highest BCUT2D eigenvalue weighted by molar-refractivity contribution is 7.17. The van der Waals surface area contributed by atoms with Crippen LogP contribution in [0.2, 0.25) is 0 Å². The molecule has 4 aromatic rings. The van der Waals surface area contributed by atoms with Crippen molar-refractivity contribution in [3.8, 4) is 0 Å². The number of nitrogens with one attached hydrogen (secondary N) is 1. The molecule has 1 aliphatic carbocycles. The Labute approximate surface area is 224 Å². The number of esters is 1. The highest BCUT2D eigenvalue weighted by Crippen LogP contribution is 2.39. The van der Waals surface area contributed by atoms with E-state index in [4.69, 9.17) is 9.73 Å². The molecule has 1 aliphatic rings. The average Bonchev–Trinajstić information content (AvgIpc) is 3.51.